The van der Waals surface area contributed by atoms with Gasteiger partial charge in [-0.05, 0) is 35.9 Å². The maximum Gasteiger partial charge on any atom is 0.251 e. The highest BCUT2D eigenvalue weighted by molar-refractivity contribution is 5.94. The lowest BCUT2D eigenvalue weighted by atomic mass is 10.1. The molecule has 1 N–H and O–H groups in total. The van der Waals surface area contributed by atoms with E-state index in [1.165, 1.54) is 7.11 Å². The van der Waals surface area contributed by atoms with Crippen LogP contribution in [0.1, 0.15) is 26.3 Å². The summed E-state index contributed by atoms with van der Waals surface area (Å²) < 4.78 is 10.9. The van der Waals surface area contributed by atoms with Gasteiger partial charge in [-0.15, -0.1) is 0 Å². The van der Waals surface area contributed by atoms with Crippen molar-refractivity contribution in [3.8, 4) is 11.5 Å². The predicted octanol–water partition coefficient (Wildman–Crippen LogP) is 2.45. The first-order valence-electron chi connectivity index (χ1n) is 6.75. The van der Waals surface area contributed by atoms with E-state index in [2.05, 4.69) is 5.32 Å². The number of nitrogens with one attached hydrogen (secondary N) is 1. The van der Waals surface area contributed by atoms with Crippen molar-refractivity contribution in [1.29, 1.82) is 0 Å². The third kappa shape index (κ3) is 3.63. The van der Waals surface area contributed by atoms with E-state index >= 15 is 0 Å². The van der Waals surface area contributed by atoms with Crippen LogP contribution in [-0.2, 0) is 6.61 Å². The summed E-state index contributed by atoms with van der Waals surface area (Å²) in [6.45, 7) is 0.293. The van der Waals surface area contributed by atoms with Crippen LogP contribution in [0.25, 0.3) is 0 Å². The van der Waals surface area contributed by atoms with Crippen molar-refractivity contribution in [3.63, 3.8) is 0 Å². The molecular weight excluding hydrogens is 282 g/mol. The van der Waals surface area contributed by atoms with Gasteiger partial charge in [-0.25, -0.2) is 0 Å². The quantitative estimate of drug-likeness (QED) is 0.832. The molecule has 5 nitrogen and oxygen atoms in total. The lowest BCUT2D eigenvalue weighted by Crippen LogP contribution is -2.17. The molecule has 0 fully saturated rings. The van der Waals surface area contributed by atoms with E-state index in [1.807, 2.05) is 6.07 Å². The monoisotopic (exact) mass is 299 g/mol. The molecule has 0 saturated heterocycles. The summed E-state index contributed by atoms with van der Waals surface area (Å²) in [7, 11) is 3.11. The number of benzene rings is 2. The van der Waals surface area contributed by atoms with Crippen LogP contribution in [-0.4, -0.2) is 26.4 Å². The molecule has 2 aromatic rings. The Kier molecular flexibility index (Phi) is 5.14. The summed E-state index contributed by atoms with van der Waals surface area (Å²) in [5.74, 6) is 0.889. The molecule has 0 aromatic heterocycles. The van der Waals surface area contributed by atoms with Crippen molar-refractivity contribution in [2.75, 3.05) is 14.2 Å². The van der Waals surface area contributed by atoms with Crippen LogP contribution in [0.4, 0.5) is 0 Å². The molecule has 0 spiro atoms. The SMILES string of the molecule is CNC(=O)c1cccc(COc2ccc(C=O)cc2OC)c1. The van der Waals surface area contributed by atoms with Crippen LogP contribution < -0.4 is 14.8 Å². The van der Waals surface area contributed by atoms with Gasteiger partial charge in [0.05, 0.1) is 7.11 Å². The number of amides is 1. The van der Waals surface area contributed by atoms with Gasteiger partial charge in [-0.3, -0.25) is 9.59 Å². The van der Waals surface area contributed by atoms with Crippen LogP contribution in [0.5, 0.6) is 11.5 Å². The van der Waals surface area contributed by atoms with E-state index in [4.69, 9.17) is 9.47 Å². The second-order valence-electron chi connectivity index (χ2n) is 4.60. The van der Waals surface area contributed by atoms with Crippen molar-refractivity contribution in [3.05, 3.63) is 59.2 Å². The Bertz CT molecular complexity index is 682. The molecule has 2 aromatic carbocycles. The predicted molar refractivity (Wildman–Crippen MR) is 82.5 cm³/mol. The Hall–Kier alpha value is -2.82. The molecule has 0 aliphatic rings. The van der Waals surface area contributed by atoms with Crippen LogP contribution in [0.15, 0.2) is 42.5 Å². The molecule has 0 heterocycles. The van der Waals surface area contributed by atoms with Crippen LogP contribution in [0.3, 0.4) is 0 Å². The van der Waals surface area contributed by atoms with E-state index < -0.39 is 0 Å². The Morgan fingerprint density at radius 1 is 1.18 bits per heavy atom. The Morgan fingerprint density at radius 2 is 2.00 bits per heavy atom. The molecule has 5 heteroatoms. The fraction of sp³-hybridized carbons (Fsp3) is 0.176. The molecule has 0 aliphatic carbocycles. The van der Waals surface area contributed by atoms with E-state index in [1.54, 1.807) is 43.4 Å². The summed E-state index contributed by atoms with van der Waals surface area (Å²) in [4.78, 5) is 22.4. The van der Waals surface area contributed by atoms with Gasteiger partial charge in [-0.1, -0.05) is 12.1 Å². The Morgan fingerprint density at radius 3 is 2.68 bits per heavy atom. The number of hydrogen-bond acceptors (Lipinski definition) is 4. The van der Waals surface area contributed by atoms with Gasteiger partial charge in [0.15, 0.2) is 11.5 Å². The van der Waals surface area contributed by atoms with E-state index in [0.717, 1.165) is 11.8 Å². The highest BCUT2D eigenvalue weighted by Crippen LogP contribution is 2.28. The summed E-state index contributed by atoms with van der Waals surface area (Å²) >= 11 is 0. The molecule has 1 amide bonds. The number of ether oxygens (including phenoxy) is 2. The second-order valence-corrected chi connectivity index (χ2v) is 4.60. The zero-order valence-corrected chi connectivity index (χ0v) is 12.5. The summed E-state index contributed by atoms with van der Waals surface area (Å²) in [5.41, 5.74) is 1.96. The molecule has 0 radical (unpaired) electrons. The minimum atomic E-state index is -0.144. The minimum absolute atomic E-state index is 0.144. The van der Waals surface area contributed by atoms with Gasteiger partial charge in [-0.2, -0.15) is 0 Å². The first-order valence-corrected chi connectivity index (χ1v) is 6.75. The summed E-state index contributed by atoms with van der Waals surface area (Å²) in [5, 5.41) is 2.58. The van der Waals surface area contributed by atoms with Crippen LogP contribution in [0, 0.1) is 0 Å². The zero-order valence-electron chi connectivity index (χ0n) is 12.5. The van der Waals surface area contributed by atoms with Gasteiger partial charge in [0.2, 0.25) is 0 Å². The number of rotatable bonds is 6. The summed E-state index contributed by atoms with van der Waals surface area (Å²) in [6.07, 6.45) is 0.749. The van der Waals surface area contributed by atoms with Crippen molar-refractivity contribution >= 4 is 12.2 Å². The molecule has 2 rings (SSSR count). The van der Waals surface area contributed by atoms with Gasteiger partial charge >= 0.3 is 0 Å². The summed E-state index contributed by atoms with van der Waals surface area (Å²) in [6, 6.07) is 12.1. The number of carbonyl (C=O) groups excluding carboxylic acids is 2. The lowest BCUT2D eigenvalue weighted by Gasteiger charge is -2.11. The fourth-order valence-electron chi connectivity index (χ4n) is 1.98. The van der Waals surface area contributed by atoms with Crippen molar-refractivity contribution in [2.24, 2.45) is 0 Å². The van der Waals surface area contributed by atoms with Crippen LogP contribution >= 0.6 is 0 Å². The average molecular weight is 299 g/mol. The fourth-order valence-corrected chi connectivity index (χ4v) is 1.98. The molecular formula is C17H17NO4. The minimum Gasteiger partial charge on any atom is -0.493 e. The first-order chi connectivity index (χ1) is 10.7. The smallest absolute Gasteiger partial charge is 0.251 e. The molecule has 0 unspecified atom stereocenters. The van der Waals surface area contributed by atoms with Gasteiger partial charge in [0.1, 0.15) is 12.9 Å². The molecule has 22 heavy (non-hydrogen) atoms. The molecule has 0 aliphatic heterocycles. The second kappa shape index (κ2) is 7.26. The third-order valence-electron chi connectivity index (χ3n) is 3.13. The average Bonchev–Trinajstić information content (AvgIpc) is 2.59. The maximum absolute atomic E-state index is 11.6. The van der Waals surface area contributed by atoms with Crippen molar-refractivity contribution in [1.82, 2.24) is 5.32 Å². The van der Waals surface area contributed by atoms with Gasteiger partial charge in [0, 0.05) is 18.2 Å². The molecule has 114 valence electrons. The molecule has 0 saturated carbocycles. The highest BCUT2D eigenvalue weighted by atomic mass is 16.5. The van der Waals surface area contributed by atoms with E-state index in [-0.39, 0.29) is 5.91 Å². The zero-order chi connectivity index (χ0) is 15.9. The maximum atomic E-state index is 11.6. The topological polar surface area (TPSA) is 64.6 Å². The largest absolute Gasteiger partial charge is 0.493 e. The number of hydrogen-bond donors (Lipinski definition) is 1. The van der Waals surface area contributed by atoms with Gasteiger partial charge in [0.25, 0.3) is 5.91 Å². The number of methoxy groups -OCH3 is 1. The van der Waals surface area contributed by atoms with Gasteiger partial charge < -0.3 is 14.8 Å². The van der Waals surface area contributed by atoms with E-state index in [0.29, 0.717) is 29.2 Å². The highest BCUT2D eigenvalue weighted by Gasteiger charge is 2.07. The molecule has 0 bridgehead atoms. The van der Waals surface area contributed by atoms with Crippen molar-refractivity contribution in [2.45, 2.75) is 6.61 Å². The third-order valence-corrected chi connectivity index (χ3v) is 3.13. The van der Waals surface area contributed by atoms with Crippen LogP contribution in [0.2, 0.25) is 0 Å². The standard InChI is InChI=1S/C17H17NO4/c1-18-17(20)14-5-3-4-13(8-14)11-22-15-7-6-12(10-19)9-16(15)21-2/h3-10H,11H2,1-2H3,(H,18,20). The lowest BCUT2D eigenvalue weighted by molar-refractivity contribution is 0.0962. The number of carbonyl (C=O) groups is 2. The Balaban J connectivity index is 2.13. The first kappa shape index (κ1) is 15.6. The normalized spacial score (nSPS) is 9.91. The Labute approximate surface area is 128 Å². The van der Waals surface area contributed by atoms with E-state index in [9.17, 15) is 9.59 Å². The molecule has 0 atom stereocenters. The number of aldehydes is 1. The van der Waals surface area contributed by atoms with Crippen molar-refractivity contribution < 1.29 is 19.1 Å².